The summed E-state index contributed by atoms with van der Waals surface area (Å²) < 4.78 is 6.07. The van der Waals surface area contributed by atoms with E-state index in [1.807, 2.05) is 61.5 Å². The Bertz CT molecular complexity index is 1630. The van der Waals surface area contributed by atoms with Gasteiger partial charge in [0.15, 0.2) is 11.9 Å². The number of benzene rings is 3. The Morgan fingerprint density at radius 1 is 1.06 bits per heavy atom. The molecule has 7 rings (SSSR count). The zero-order valence-electron chi connectivity index (χ0n) is 26.5. The summed E-state index contributed by atoms with van der Waals surface area (Å²) in [7, 11) is 0. The van der Waals surface area contributed by atoms with Gasteiger partial charge in [-0.2, -0.15) is 0 Å². The van der Waals surface area contributed by atoms with E-state index in [4.69, 9.17) is 9.57 Å². The third-order valence-corrected chi connectivity index (χ3v) is 9.79. The molecule has 1 saturated heterocycles. The van der Waals surface area contributed by atoms with Crippen LogP contribution >= 0.6 is 0 Å². The number of aliphatic hydroxyl groups is 1. The summed E-state index contributed by atoms with van der Waals surface area (Å²) in [5.74, 6) is -0.545. The van der Waals surface area contributed by atoms with Crippen LogP contribution in [0, 0.1) is 0 Å². The number of hydrogen-bond acceptors (Lipinski definition) is 8. The molecule has 0 radical (unpaired) electrons. The van der Waals surface area contributed by atoms with Gasteiger partial charge in [0.25, 0.3) is 5.91 Å². The first-order chi connectivity index (χ1) is 22.9. The van der Waals surface area contributed by atoms with Crippen molar-refractivity contribution in [1.82, 2.24) is 15.3 Å². The van der Waals surface area contributed by atoms with Crippen molar-refractivity contribution in [1.29, 1.82) is 0 Å². The Kier molecular flexibility index (Phi) is 8.55. The molecule has 2 aliphatic heterocycles. The van der Waals surface area contributed by atoms with E-state index in [1.54, 1.807) is 0 Å². The maximum atomic E-state index is 14.5. The normalized spacial score (nSPS) is 22.6. The number of aliphatic hydroxyl groups excluding tert-OH is 1. The number of fused-ring (bicyclic) bond motifs is 3. The van der Waals surface area contributed by atoms with Crippen LogP contribution in [0.5, 0.6) is 0 Å². The number of aldehydes is 1. The molecule has 3 aromatic rings. The summed E-state index contributed by atoms with van der Waals surface area (Å²) in [6, 6.07) is 24.3. The molecule has 2 aliphatic carbocycles. The Morgan fingerprint density at radius 2 is 1.72 bits per heavy atom. The molecule has 4 aliphatic rings. The maximum absolute atomic E-state index is 14.5. The molecule has 2 heterocycles. The first kappa shape index (κ1) is 31.1. The van der Waals surface area contributed by atoms with Crippen molar-refractivity contribution >= 4 is 24.0 Å². The van der Waals surface area contributed by atoms with E-state index in [2.05, 4.69) is 34.8 Å². The number of hydrazine groups is 1. The lowest BCUT2D eigenvalue weighted by Gasteiger charge is -2.36. The fraction of sp³-hybridized carbons (Fsp3) is 0.405. The maximum Gasteiger partial charge on any atom is 0.410 e. The van der Waals surface area contributed by atoms with Gasteiger partial charge in [-0.15, -0.1) is 0 Å². The van der Waals surface area contributed by atoms with Gasteiger partial charge in [0, 0.05) is 24.8 Å². The predicted molar refractivity (Wildman–Crippen MR) is 175 cm³/mol. The van der Waals surface area contributed by atoms with Crippen LogP contribution < -0.4 is 5.43 Å². The van der Waals surface area contributed by atoms with Gasteiger partial charge in [-0.3, -0.25) is 14.7 Å². The lowest BCUT2D eigenvalue weighted by molar-refractivity contribution is -0.147. The lowest BCUT2D eigenvalue weighted by atomic mass is 9.91. The van der Waals surface area contributed by atoms with Gasteiger partial charge in [-0.25, -0.2) is 10.2 Å². The summed E-state index contributed by atoms with van der Waals surface area (Å²) in [6.45, 7) is 2.15. The van der Waals surface area contributed by atoms with Crippen molar-refractivity contribution < 1.29 is 29.1 Å². The number of rotatable bonds is 11. The number of nitrogens with one attached hydrogen (secondary N) is 1. The Balaban J connectivity index is 1.16. The molecule has 1 spiro atoms. The molecule has 10 nitrogen and oxygen atoms in total. The van der Waals surface area contributed by atoms with Crippen LogP contribution in [0.3, 0.4) is 0 Å². The summed E-state index contributed by atoms with van der Waals surface area (Å²) in [5.41, 5.74) is 8.44. The van der Waals surface area contributed by atoms with Gasteiger partial charge >= 0.3 is 6.09 Å². The Hall–Kier alpha value is -4.54. The molecule has 3 aromatic carbocycles. The fourth-order valence-electron chi connectivity index (χ4n) is 7.27. The van der Waals surface area contributed by atoms with Crippen LogP contribution in [0.2, 0.25) is 0 Å². The van der Waals surface area contributed by atoms with Crippen LogP contribution in [-0.2, 0) is 19.2 Å². The number of likely N-dealkylation sites (tertiary alicyclic amines) is 1. The smallest absolute Gasteiger partial charge is 0.410 e. The molecule has 0 aromatic heterocycles. The van der Waals surface area contributed by atoms with Gasteiger partial charge in [-0.1, -0.05) is 97.4 Å². The van der Waals surface area contributed by atoms with E-state index in [1.165, 1.54) is 9.91 Å². The minimum absolute atomic E-state index is 0.0613. The average Bonchev–Trinajstić information content (AvgIpc) is 3.58. The second-order valence-corrected chi connectivity index (χ2v) is 13.1. The monoisotopic (exact) mass is 636 g/mol. The van der Waals surface area contributed by atoms with Crippen LogP contribution in [0.25, 0.3) is 11.1 Å². The summed E-state index contributed by atoms with van der Waals surface area (Å²) in [5, 5.41) is 16.5. The first-order valence-electron chi connectivity index (χ1n) is 16.6. The molecule has 0 bridgehead atoms. The highest BCUT2D eigenvalue weighted by Gasteiger charge is 2.56. The number of amides is 2. The number of nitrogens with zero attached hydrogens (tertiary/aromatic N) is 3. The summed E-state index contributed by atoms with van der Waals surface area (Å²) in [6.07, 6.45) is 1.89. The highest BCUT2D eigenvalue weighted by atomic mass is 16.7. The molecule has 2 fully saturated rings. The van der Waals surface area contributed by atoms with E-state index < -0.39 is 35.8 Å². The van der Waals surface area contributed by atoms with Crippen LogP contribution in [0.1, 0.15) is 68.1 Å². The SMILES string of the molecule is CCC[C@@H](C(O)C=O)N(NC1CC1)C(=O)C1CC2(CC(c3ccccc3)=NO2)CN1C(=O)OCC1c2ccccc2-c2ccccc21. The topological polar surface area (TPSA) is 121 Å². The fourth-order valence-corrected chi connectivity index (χ4v) is 7.27. The van der Waals surface area contributed by atoms with E-state index in [0.29, 0.717) is 25.5 Å². The van der Waals surface area contributed by atoms with Gasteiger partial charge in [0.2, 0.25) is 0 Å². The van der Waals surface area contributed by atoms with Crippen molar-refractivity contribution in [2.45, 2.75) is 81.2 Å². The zero-order valence-corrected chi connectivity index (χ0v) is 26.5. The number of ether oxygens (including phenoxy) is 1. The van der Waals surface area contributed by atoms with E-state index >= 15 is 0 Å². The minimum atomic E-state index is -1.38. The van der Waals surface area contributed by atoms with Crippen molar-refractivity contribution in [2.75, 3.05) is 13.2 Å². The molecular weight excluding hydrogens is 596 g/mol. The highest BCUT2D eigenvalue weighted by Crippen LogP contribution is 2.45. The van der Waals surface area contributed by atoms with Gasteiger partial charge in [-0.05, 0) is 47.1 Å². The number of carbonyl (C=O) groups is 3. The molecule has 1 saturated carbocycles. The van der Waals surface area contributed by atoms with Crippen LogP contribution in [-0.4, -0.2) is 82.0 Å². The average molecular weight is 637 g/mol. The van der Waals surface area contributed by atoms with E-state index in [-0.39, 0.29) is 31.5 Å². The van der Waals surface area contributed by atoms with Gasteiger partial charge in [0.1, 0.15) is 18.8 Å². The largest absolute Gasteiger partial charge is 0.448 e. The molecule has 2 N–H and O–H groups in total. The van der Waals surface area contributed by atoms with E-state index in [9.17, 15) is 19.5 Å². The molecule has 4 atom stereocenters. The zero-order chi connectivity index (χ0) is 32.5. The molecular formula is C37H40N4O6. The number of carbonyl (C=O) groups excluding carboxylic acids is 3. The van der Waals surface area contributed by atoms with E-state index in [0.717, 1.165) is 46.4 Å². The number of oxime groups is 1. The molecule has 244 valence electrons. The third kappa shape index (κ3) is 6.03. The standard InChI is InChI=1S/C37H40N4O6/c1-2-10-32(34(43)21-42)41(38-25-17-18-25)35(44)33-20-37(19-31(39-47-37)24-11-4-3-5-12-24)23-40(33)36(45)46-22-30-28-15-8-6-13-26(28)27-14-7-9-16-29(27)30/h3-9,11-16,21,25,30,32-34,38,43H,2,10,17-20,22-23H2,1H3/t32-,33?,34?,37?/m0/s1. The van der Waals surface area contributed by atoms with Crippen LogP contribution in [0.4, 0.5) is 4.79 Å². The van der Waals surface area contributed by atoms with Crippen molar-refractivity contribution in [3.8, 4) is 11.1 Å². The Morgan fingerprint density at radius 3 is 2.36 bits per heavy atom. The molecule has 10 heteroatoms. The highest BCUT2D eigenvalue weighted by molar-refractivity contribution is 6.02. The number of hydrogen-bond donors (Lipinski definition) is 2. The summed E-state index contributed by atoms with van der Waals surface area (Å²) >= 11 is 0. The third-order valence-electron chi connectivity index (χ3n) is 9.79. The molecule has 3 unspecified atom stereocenters. The quantitative estimate of drug-likeness (QED) is 0.229. The van der Waals surface area contributed by atoms with Crippen LogP contribution in [0.15, 0.2) is 84.0 Å². The lowest BCUT2D eigenvalue weighted by Crippen LogP contribution is -2.60. The second kappa shape index (κ2) is 12.9. The second-order valence-electron chi connectivity index (χ2n) is 13.1. The van der Waals surface area contributed by atoms with Crippen molar-refractivity contribution in [3.05, 3.63) is 95.6 Å². The molecule has 47 heavy (non-hydrogen) atoms. The summed E-state index contributed by atoms with van der Waals surface area (Å²) in [4.78, 5) is 47.9. The van der Waals surface area contributed by atoms with Crippen molar-refractivity contribution in [3.63, 3.8) is 0 Å². The van der Waals surface area contributed by atoms with Crippen molar-refractivity contribution in [2.24, 2.45) is 5.16 Å². The Labute approximate surface area is 274 Å². The first-order valence-corrected chi connectivity index (χ1v) is 16.6. The predicted octanol–water partition coefficient (Wildman–Crippen LogP) is 4.80. The minimum Gasteiger partial charge on any atom is -0.448 e. The molecule has 2 amide bonds. The van der Waals surface area contributed by atoms with Gasteiger partial charge < -0.3 is 19.5 Å². The van der Waals surface area contributed by atoms with Gasteiger partial charge in [0.05, 0.1) is 18.3 Å².